The first-order valence-corrected chi connectivity index (χ1v) is 4.66. The van der Waals surface area contributed by atoms with Gasteiger partial charge in [0.05, 0.1) is 10.1 Å². The highest BCUT2D eigenvalue weighted by Crippen LogP contribution is 2.42. The molecule has 0 aromatic rings. The Kier molecular flexibility index (Phi) is 3.35. The van der Waals surface area contributed by atoms with Crippen molar-refractivity contribution in [2.75, 3.05) is 7.11 Å². The van der Waals surface area contributed by atoms with Crippen molar-refractivity contribution in [2.45, 2.75) is 11.5 Å². The average Bonchev–Trinajstić information content (AvgIpc) is 2.01. The van der Waals surface area contributed by atoms with Crippen molar-refractivity contribution in [1.82, 2.24) is 0 Å². The first-order chi connectivity index (χ1) is 5.49. The fourth-order valence-corrected chi connectivity index (χ4v) is 1.82. The van der Waals surface area contributed by atoms with Crippen LogP contribution in [0.3, 0.4) is 0 Å². The van der Waals surface area contributed by atoms with Gasteiger partial charge in [-0.25, -0.2) is 0 Å². The van der Waals surface area contributed by atoms with E-state index in [4.69, 9.17) is 51.1 Å². The van der Waals surface area contributed by atoms with Crippen molar-refractivity contribution in [3.05, 3.63) is 21.2 Å². The van der Waals surface area contributed by atoms with Gasteiger partial charge in [0.1, 0.15) is 0 Å². The Hall–Kier alpha value is 0.600. The largest absolute Gasteiger partial charge is 0.357 e. The van der Waals surface area contributed by atoms with Crippen molar-refractivity contribution in [3.8, 4) is 0 Å². The minimum absolute atomic E-state index is 0.292. The molecule has 1 unspecified atom stereocenters. The maximum absolute atomic E-state index is 5.97. The Morgan fingerprint density at radius 1 is 1.42 bits per heavy atom. The summed E-state index contributed by atoms with van der Waals surface area (Å²) in [7, 11) is 1.46. The second kappa shape index (κ2) is 3.77. The predicted octanol–water partition coefficient (Wildman–Crippen LogP) is 3.78. The summed E-state index contributed by atoms with van der Waals surface area (Å²) in [4.78, 5) is 0. The third kappa shape index (κ3) is 1.91. The van der Waals surface area contributed by atoms with Crippen LogP contribution in [-0.2, 0) is 4.74 Å². The lowest BCUT2D eigenvalue weighted by atomic mass is 10.1. The monoisotopic (exact) mass is 246 g/mol. The smallest absolute Gasteiger partial charge is 0.182 e. The van der Waals surface area contributed by atoms with Gasteiger partial charge in [-0.1, -0.05) is 46.4 Å². The molecule has 0 amide bonds. The minimum Gasteiger partial charge on any atom is -0.357 e. The van der Waals surface area contributed by atoms with E-state index in [0.29, 0.717) is 21.5 Å². The quantitative estimate of drug-likeness (QED) is 0.641. The Bertz CT molecular complexity index is 258. The summed E-state index contributed by atoms with van der Waals surface area (Å²) in [5.74, 6) is 0. The summed E-state index contributed by atoms with van der Waals surface area (Å²) >= 11 is 23.3. The van der Waals surface area contributed by atoms with Crippen LogP contribution in [0.25, 0.3) is 0 Å². The molecule has 0 heterocycles. The standard InChI is InChI=1S/C7H6Cl4O/c1-12-7(11)3-5(9)4(8)2-6(7)10/h2H,3H2,1H3. The van der Waals surface area contributed by atoms with Gasteiger partial charge >= 0.3 is 0 Å². The van der Waals surface area contributed by atoms with Crippen LogP contribution in [-0.4, -0.2) is 12.2 Å². The molecule has 0 aliphatic heterocycles. The van der Waals surface area contributed by atoms with Crippen LogP contribution in [0.4, 0.5) is 0 Å². The first-order valence-electron chi connectivity index (χ1n) is 3.15. The normalized spacial score (nSPS) is 30.6. The number of rotatable bonds is 1. The van der Waals surface area contributed by atoms with Crippen LogP contribution in [0.2, 0.25) is 0 Å². The van der Waals surface area contributed by atoms with Crippen LogP contribution < -0.4 is 0 Å². The van der Waals surface area contributed by atoms with Crippen LogP contribution in [0.15, 0.2) is 21.2 Å². The Balaban J connectivity index is 3.00. The van der Waals surface area contributed by atoms with Crippen molar-refractivity contribution in [2.24, 2.45) is 0 Å². The molecule has 0 fully saturated rings. The maximum atomic E-state index is 5.97. The van der Waals surface area contributed by atoms with E-state index in [1.54, 1.807) is 0 Å². The molecule has 0 aromatic heterocycles. The highest BCUT2D eigenvalue weighted by atomic mass is 35.5. The molecule has 0 radical (unpaired) electrons. The van der Waals surface area contributed by atoms with Crippen LogP contribution in [0.1, 0.15) is 6.42 Å². The summed E-state index contributed by atoms with van der Waals surface area (Å²) in [5, 5.41) is 0.172. The van der Waals surface area contributed by atoms with Gasteiger partial charge in [-0.3, -0.25) is 0 Å². The SMILES string of the molecule is COC1(Cl)CC(Cl)=C(Cl)C=C1Cl. The van der Waals surface area contributed by atoms with Gasteiger partial charge in [-0.2, -0.15) is 0 Å². The van der Waals surface area contributed by atoms with Gasteiger partial charge in [0, 0.05) is 18.6 Å². The van der Waals surface area contributed by atoms with E-state index < -0.39 is 5.06 Å². The molecule has 0 saturated heterocycles. The van der Waals surface area contributed by atoms with Crippen molar-refractivity contribution in [3.63, 3.8) is 0 Å². The molecule has 0 spiro atoms. The molecule has 1 rings (SSSR count). The molecule has 0 saturated carbocycles. The molecule has 0 bridgehead atoms. The zero-order chi connectivity index (χ0) is 9.35. The fourth-order valence-electron chi connectivity index (χ4n) is 0.836. The summed E-state index contributed by atoms with van der Waals surface area (Å²) in [6.07, 6.45) is 1.78. The average molecular weight is 248 g/mol. The summed E-state index contributed by atoms with van der Waals surface area (Å²) in [6.45, 7) is 0. The molecule has 5 heteroatoms. The maximum Gasteiger partial charge on any atom is 0.182 e. The lowest BCUT2D eigenvalue weighted by Crippen LogP contribution is -2.26. The lowest BCUT2D eigenvalue weighted by molar-refractivity contribution is 0.101. The third-order valence-corrected chi connectivity index (χ3v) is 3.35. The van der Waals surface area contributed by atoms with Gasteiger partial charge in [0.2, 0.25) is 0 Å². The number of hydrogen-bond donors (Lipinski definition) is 0. The summed E-state index contributed by atoms with van der Waals surface area (Å²) in [6, 6.07) is 0. The van der Waals surface area contributed by atoms with E-state index in [2.05, 4.69) is 0 Å². The van der Waals surface area contributed by atoms with Crippen molar-refractivity contribution in [1.29, 1.82) is 0 Å². The predicted molar refractivity (Wildman–Crippen MR) is 52.9 cm³/mol. The molecule has 12 heavy (non-hydrogen) atoms. The number of ether oxygens (including phenoxy) is 1. The molecular weight excluding hydrogens is 242 g/mol. The van der Waals surface area contributed by atoms with Crippen LogP contribution in [0, 0.1) is 0 Å². The number of allylic oxidation sites excluding steroid dienone is 2. The highest BCUT2D eigenvalue weighted by molar-refractivity contribution is 6.45. The van der Waals surface area contributed by atoms with Gasteiger partial charge in [0.15, 0.2) is 5.06 Å². The number of halogens is 4. The van der Waals surface area contributed by atoms with Crippen LogP contribution >= 0.6 is 46.4 Å². The second-order valence-corrected chi connectivity index (χ2v) is 4.24. The molecule has 1 aliphatic rings. The molecule has 1 aliphatic carbocycles. The molecular formula is C7H6Cl4O. The number of methoxy groups -OCH3 is 1. The Labute approximate surface area is 90.9 Å². The molecule has 1 atom stereocenters. The summed E-state index contributed by atoms with van der Waals surface area (Å²) < 4.78 is 5.00. The number of hydrogen-bond acceptors (Lipinski definition) is 1. The topological polar surface area (TPSA) is 9.23 Å². The Morgan fingerprint density at radius 2 is 2.00 bits per heavy atom. The van der Waals surface area contributed by atoms with Gasteiger partial charge in [0.25, 0.3) is 0 Å². The van der Waals surface area contributed by atoms with E-state index in [1.165, 1.54) is 13.2 Å². The zero-order valence-electron chi connectivity index (χ0n) is 6.20. The second-order valence-electron chi connectivity index (χ2n) is 2.35. The first kappa shape index (κ1) is 10.7. The minimum atomic E-state index is -1.04. The van der Waals surface area contributed by atoms with E-state index in [0.717, 1.165) is 0 Å². The fraction of sp³-hybridized carbons (Fsp3) is 0.429. The Morgan fingerprint density at radius 3 is 2.50 bits per heavy atom. The highest BCUT2D eigenvalue weighted by Gasteiger charge is 2.35. The number of alkyl halides is 1. The summed E-state index contributed by atoms with van der Waals surface area (Å²) in [5.41, 5.74) is 0. The van der Waals surface area contributed by atoms with Crippen molar-refractivity contribution < 1.29 is 4.74 Å². The van der Waals surface area contributed by atoms with Crippen LogP contribution in [0.5, 0.6) is 0 Å². The van der Waals surface area contributed by atoms with E-state index in [1.807, 2.05) is 0 Å². The van der Waals surface area contributed by atoms with Gasteiger partial charge in [-0.05, 0) is 6.08 Å². The molecule has 1 nitrogen and oxygen atoms in total. The molecule has 68 valence electrons. The van der Waals surface area contributed by atoms with E-state index in [9.17, 15) is 0 Å². The lowest BCUT2D eigenvalue weighted by Gasteiger charge is -2.27. The molecule has 0 N–H and O–H groups in total. The zero-order valence-corrected chi connectivity index (χ0v) is 9.23. The van der Waals surface area contributed by atoms with Gasteiger partial charge in [-0.15, -0.1) is 0 Å². The third-order valence-electron chi connectivity index (χ3n) is 1.58. The van der Waals surface area contributed by atoms with E-state index in [-0.39, 0.29) is 0 Å². The molecule has 0 aromatic carbocycles. The van der Waals surface area contributed by atoms with E-state index >= 15 is 0 Å². The van der Waals surface area contributed by atoms with Gasteiger partial charge < -0.3 is 4.74 Å². The van der Waals surface area contributed by atoms with Crippen molar-refractivity contribution >= 4 is 46.4 Å².